The van der Waals surface area contributed by atoms with Crippen molar-refractivity contribution in [2.75, 3.05) is 13.1 Å². The number of nitrogens with zero attached hydrogens (tertiary/aromatic N) is 3. The van der Waals surface area contributed by atoms with Gasteiger partial charge in [0.05, 0.1) is 11.8 Å². The second-order valence-corrected chi connectivity index (χ2v) is 9.66. The first kappa shape index (κ1) is 18.9. The average Bonchev–Trinajstić information content (AvgIpc) is 3.49. The SMILES string of the molecule is Cc1occc1C(=O)N1C[C@@H]2C[C@H](C1)c1ccc(C(=O)N3C4CCC3CC4)c(=O)n1C2. The van der Waals surface area contributed by atoms with Crippen molar-refractivity contribution >= 4 is 11.8 Å². The molecule has 6 rings (SSSR count). The molecule has 3 fully saturated rings. The summed E-state index contributed by atoms with van der Waals surface area (Å²) in [5.74, 6) is 0.870. The lowest BCUT2D eigenvalue weighted by Crippen LogP contribution is -2.50. The normalized spacial score (nSPS) is 28.7. The van der Waals surface area contributed by atoms with Gasteiger partial charge in [-0.15, -0.1) is 0 Å². The molecular weight excluding hydrogens is 394 g/mol. The van der Waals surface area contributed by atoms with Gasteiger partial charge < -0.3 is 18.8 Å². The molecule has 6 heterocycles. The van der Waals surface area contributed by atoms with E-state index in [4.69, 9.17) is 4.42 Å². The number of fused-ring (bicyclic) bond motifs is 6. The first-order valence-corrected chi connectivity index (χ1v) is 11.4. The van der Waals surface area contributed by atoms with Crippen LogP contribution in [0.2, 0.25) is 0 Å². The molecule has 2 aromatic heterocycles. The number of carbonyl (C=O) groups is 2. The van der Waals surface area contributed by atoms with Crippen LogP contribution in [0.4, 0.5) is 0 Å². The van der Waals surface area contributed by atoms with Crippen molar-refractivity contribution in [3.05, 3.63) is 57.4 Å². The molecule has 4 aliphatic rings. The summed E-state index contributed by atoms with van der Waals surface area (Å²) in [5, 5.41) is 0. The van der Waals surface area contributed by atoms with Gasteiger partial charge in [-0.25, -0.2) is 0 Å². The van der Waals surface area contributed by atoms with Gasteiger partial charge in [0.1, 0.15) is 11.3 Å². The van der Waals surface area contributed by atoms with Gasteiger partial charge >= 0.3 is 0 Å². The maximum atomic E-state index is 13.3. The molecule has 4 bridgehead atoms. The Morgan fingerprint density at radius 1 is 0.935 bits per heavy atom. The molecule has 0 saturated carbocycles. The van der Waals surface area contributed by atoms with Crippen LogP contribution in [0.1, 0.15) is 70.2 Å². The van der Waals surface area contributed by atoms with E-state index < -0.39 is 0 Å². The lowest BCUT2D eigenvalue weighted by Gasteiger charge is -2.43. The van der Waals surface area contributed by atoms with Crippen LogP contribution in [0.5, 0.6) is 0 Å². The molecule has 2 atom stereocenters. The Morgan fingerprint density at radius 3 is 2.35 bits per heavy atom. The molecule has 7 nitrogen and oxygen atoms in total. The molecule has 162 valence electrons. The Bertz CT molecular complexity index is 1110. The number of pyridine rings is 1. The first-order chi connectivity index (χ1) is 15.0. The van der Waals surface area contributed by atoms with Crippen LogP contribution in [-0.2, 0) is 6.54 Å². The monoisotopic (exact) mass is 421 g/mol. The minimum absolute atomic E-state index is 0.00643. The topological polar surface area (TPSA) is 75.8 Å². The van der Waals surface area contributed by atoms with E-state index in [1.54, 1.807) is 25.3 Å². The fourth-order valence-electron chi connectivity index (χ4n) is 6.44. The maximum absolute atomic E-state index is 13.3. The van der Waals surface area contributed by atoms with Gasteiger partial charge in [0.2, 0.25) is 0 Å². The number of aromatic nitrogens is 1. The fourth-order valence-corrected chi connectivity index (χ4v) is 6.44. The van der Waals surface area contributed by atoms with Crippen molar-refractivity contribution in [3.63, 3.8) is 0 Å². The van der Waals surface area contributed by atoms with Crippen molar-refractivity contribution in [1.82, 2.24) is 14.4 Å². The van der Waals surface area contributed by atoms with E-state index >= 15 is 0 Å². The van der Waals surface area contributed by atoms with E-state index in [2.05, 4.69) is 0 Å². The van der Waals surface area contributed by atoms with Crippen molar-refractivity contribution in [1.29, 1.82) is 0 Å². The average molecular weight is 421 g/mol. The summed E-state index contributed by atoms with van der Waals surface area (Å²) < 4.78 is 7.13. The minimum atomic E-state index is -0.158. The third-order valence-corrected chi connectivity index (χ3v) is 7.90. The summed E-state index contributed by atoms with van der Waals surface area (Å²) in [4.78, 5) is 43.4. The van der Waals surface area contributed by atoms with E-state index in [9.17, 15) is 14.4 Å². The van der Waals surface area contributed by atoms with Crippen LogP contribution in [0, 0.1) is 12.8 Å². The zero-order chi connectivity index (χ0) is 21.3. The second-order valence-electron chi connectivity index (χ2n) is 9.66. The van der Waals surface area contributed by atoms with Crippen molar-refractivity contribution in [2.45, 2.75) is 63.6 Å². The third kappa shape index (κ3) is 2.82. The number of hydrogen-bond acceptors (Lipinski definition) is 4. The molecule has 0 aromatic carbocycles. The van der Waals surface area contributed by atoms with Gasteiger partial charge in [0.25, 0.3) is 17.4 Å². The fraction of sp³-hybridized carbons (Fsp3) is 0.542. The summed E-state index contributed by atoms with van der Waals surface area (Å²) in [6.07, 6.45) is 6.77. The summed E-state index contributed by atoms with van der Waals surface area (Å²) in [6, 6.07) is 6.02. The quantitative estimate of drug-likeness (QED) is 0.747. The molecule has 0 aliphatic carbocycles. The van der Waals surface area contributed by atoms with Gasteiger partial charge in [-0.05, 0) is 63.1 Å². The Balaban J connectivity index is 1.29. The first-order valence-electron chi connectivity index (χ1n) is 11.4. The number of aryl methyl sites for hydroxylation is 1. The van der Waals surface area contributed by atoms with E-state index in [0.29, 0.717) is 48.6 Å². The van der Waals surface area contributed by atoms with E-state index in [1.165, 1.54) is 0 Å². The molecule has 3 saturated heterocycles. The molecule has 2 amide bonds. The van der Waals surface area contributed by atoms with Gasteiger partial charge in [0.15, 0.2) is 0 Å². The van der Waals surface area contributed by atoms with Gasteiger partial charge in [-0.3, -0.25) is 14.4 Å². The molecule has 4 aliphatic heterocycles. The van der Waals surface area contributed by atoms with Gasteiger partial charge in [0, 0.05) is 43.3 Å². The highest BCUT2D eigenvalue weighted by Gasteiger charge is 2.44. The van der Waals surface area contributed by atoms with Crippen molar-refractivity contribution in [2.24, 2.45) is 5.92 Å². The predicted octanol–water partition coefficient (Wildman–Crippen LogP) is 2.78. The lowest BCUT2D eigenvalue weighted by molar-refractivity contribution is 0.0592. The Kier molecular flexibility index (Phi) is 4.17. The standard InChI is InChI=1S/C24H27N3O4/c1-14-19(8-9-31-14)22(28)25-11-15-10-16(13-25)21-7-6-20(23(29)26(21)12-15)24(30)27-17-2-3-18(27)5-4-17/h6-9,15-18H,2-5,10-13H2,1H3/t15-,16+,17?,18?/m0/s1. The summed E-state index contributed by atoms with van der Waals surface area (Å²) >= 11 is 0. The van der Waals surface area contributed by atoms with Gasteiger partial charge in [-0.1, -0.05) is 0 Å². The number of piperidine rings is 1. The third-order valence-electron chi connectivity index (χ3n) is 7.90. The van der Waals surface area contributed by atoms with Crippen LogP contribution in [0.15, 0.2) is 33.7 Å². The van der Waals surface area contributed by atoms with Crippen LogP contribution in [0.3, 0.4) is 0 Å². The maximum Gasteiger partial charge on any atom is 0.263 e. The highest BCUT2D eigenvalue weighted by Crippen LogP contribution is 2.39. The van der Waals surface area contributed by atoms with Crippen LogP contribution < -0.4 is 5.56 Å². The highest BCUT2D eigenvalue weighted by molar-refractivity contribution is 5.95. The number of furan rings is 1. The molecule has 0 radical (unpaired) electrons. The number of rotatable bonds is 2. The van der Waals surface area contributed by atoms with Crippen LogP contribution in [-0.4, -0.2) is 51.4 Å². The lowest BCUT2D eigenvalue weighted by atomic mass is 9.82. The number of amides is 2. The summed E-state index contributed by atoms with van der Waals surface area (Å²) in [7, 11) is 0. The van der Waals surface area contributed by atoms with E-state index in [-0.39, 0.29) is 29.2 Å². The molecule has 0 N–H and O–H groups in total. The number of hydrogen-bond donors (Lipinski definition) is 0. The number of likely N-dealkylation sites (tertiary alicyclic amines) is 1. The van der Waals surface area contributed by atoms with E-state index in [0.717, 1.165) is 37.8 Å². The summed E-state index contributed by atoms with van der Waals surface area (Å²) in [5.41, 5.74) is 1.71. The highest BCUT2D eigenvalue weighted by atomic mass is 16.3. The molecule has 2 aromatic rings. The van der Waals surface area contributed by atoms with Crippen LogP contribution in [0.25, 0.3) is 0 Å². The Morgan fingerprint density at radius 2 is 1.68 bits per heavy atom. The van der Waals surface area contributed by atoms with Crippen molar-refractivity contribution in [3.8, 4) is 0 Å². The van der Waals surface area contributed by atoms with Crippen LogP contribution >= 0.6 is 0 Å². The molecule has 0 unspecified atom stereocenters. The molecule has 31 heavy (non-hydrogen) atoms. The molecular formula is C24H27N3O4. The Labute approximate surface area is 180 Å². The molecule has 0 spiro atoms. The minimum Gasteiger partial charge on any atom is -0.469 e. The second kappa shape index (κ2) is 6.84. The van der Waals surface area contributed by atoms with Gasteiger partial charge in [-0.2, -0.15) is 0 Å². The number of carbonyl (C=O) groups excluding carboxylic acids is 2. The predicted molar refractivity (Wildman–Crippen MR) is 113 cm³/mol. The largest absolute Gasteiger partial charge is 0.469 e. The van der Waals surface area contributed by atoms with Crippen molar-refractivity contribution < 1.29 is 14.0 Å². The Hall–Kier alpha value is -2.83. The smallest absolute Gasteiger partial charge is 0.263 e. The zero-order valence-corrected chi connectivity index (χ0v) is 17.8. The van der Waals surface area contributed by atoms with E-state index in [1.807, 2.05) is 20.4 Å². The summed E-state index contributed by atoms with van der Waals surface area (Å²) in [6.45, 7) is 3.58. The zero-order valence-electron chi connectivity index (χ0n) is 17.8. The molecule has 7 heteroatoms.